The largest absolute Gasteiger partial charge is 0.490 e. The zero-order valence-corrected chi connectivity index (χ0v) is 44.0. The number of aromatic nitrogens is 5. The number of amides is 2. The van der Waals surface area contributed by atoms with Crippen LogP contribution in [-0.2, 0) is 18.4 Å². The smallest absolute Gasteiger partial charge is 0.329 e. The summed E-state index contributed by atoms with van der Waals surface area (Å²) < 4.78 is 29.0. The van der Waals surface area contributed by atoms with Crippen LogP contribution in [0.2, 0.25) is 0 Å². The van der Waals surface area contributed by atoms with Gasteiger partial charge in [-0.2, -0.15) is 0 Å². The fourth-order valence-electron chi connectivity index (χ4n) is 12.7. The van der Waals surface area contributed by atoms with Gasteiger partial charge in [0.25, 0.3) is 11.5 Å². The molecule has 0 spiro atoms. The number of pyridine rings is 2. The molecule has 4 aromatic heterocycles. The second-order valence-electron chi connectivity index (χ2n) is 21.7. The van der Waals surface area contributed by atoms with Gasteiger partial charge in [-0.15, -0.1) is 0 Å². The Morgan fingerprint density at radius 1 is 0.960 bits per heavy atom. The Morgan fingerprint density at radius 3 is 2.45 bits per heavy atom. The van der Waals surface area contributed by atoms with E-state index in [4.69, 9.17) is 9.72 Å². The van der Waals surface area contributed by atoms with E-state index in [0.29, 0.717) is 66.9 Å². The van der Waals surface area contributed by atoms with Gasteiger partial charge in [-0.05, 0) is 124 Å². The van der Waals surface area contributed by atoms with Crippen LogP contribution in [0, 0.1) is 18.7 Å². The lowest BCUT2D eigenvalue weighted by molar-refractivity contribution is -0.128. The van der Waals surface area contributed by atoms with E-state index in [1.165, 1.54) is 13.2 Å². The number of nitrogens with zero attached hydrogens (tertiary/aromatic N) is 9. The Morgan fingerprint density at radius 2 is 1.76 bits per heavy atom. The fraction of sp³-hybridized carbons (Fsp3) is 0.491. The number of ether oxygens (including phenoxy) is 1. The molecule has 3 N–H and O–H groups in total. The number of hydrogen-bond donors (Lipinski definition) is 3. The van der Waals surface area contributed by atoms with Crippen LogP contribution >= 0.6 is 0 Å². The van der Waals surface area contributed by atoms with Crippen LogP contribution in [0.5, 0.6) is 5.75 Å². The molecule has 6 aromatic rings. The molecule has 4 atom stereocenters. The maximum Gasteiger partial charge on any atom is 0.329 e. The number of imidazole rings is 1. The number of anilines is 1. The average Bonchev–Trinajstić information content (AvgIpc) is 4.12. The van der Waals surface area contributed by atoms with Crippen molar-refractivity contribution in [2.24, 2.45) is 13.0 Å². The molecule has 75 heavy (non-hydrogen) atoms. The standard InChI is InChI=1S/C57H70FN11O6/c1-34-27-40(29-43(58)51(34)39-16-22-64(23-17-39)36(3)48-30-42-45(13-19-60-53(42)62(48)5)67-24-18-44(59-4)52(75-6)56(67)73)55(72)65-20-14-37(15-21-65)33-66-26-25-63(31-35(66)2)32-38-7-10-46-49(28-38)68(41-8-9-41)57(74)69(46)47-11-12-50(70)61-54(47)71/h7,10,13,16,18-19,24,27-30,35-37,41,47,54,59,71H,8-9,11-12,14-15,17,20-23,25-26,31-33H2,1-6H3,(H,61,70)/t35-,36?,47?,54?/m0/s1. The minimum atomic E-state index is -1.10. The van der Waals surface area contributed by atoms with Crippen molar-refractivity contribution in [3.63, 3.8) is 0 Å². The van der Waals surface area contributed by atoms with Crippen LogP contribution in [0.4, 0.5) is 10.1 Å². The SMILES string of the molecule is CNc1ccn(-c2ccnc3c2cc(C(C)N2CC=C(c4c(C)cc(C(=O)N5CCC(CN6CCN(Cc7ccc8c(c7)n(C7CC7)c(=O)n8C7CCC(=O)NC7O)C[C@@H]6C)CC5)cc4F)CC2)n3C)c(=O)c1OC. The van der Waals surface area contributed by atoms with Crippen molar-refractivity contribution in [1.29, 1.82) is 0 Å². The van der Waals surface area contributed by atoms with Gasteiger partial charge in [-0.1, -0.05) is 12.1 Å². The number of aliphatic hydroxyl groups is 1. The molecular weight excluding hydrogens is 954 g/mol. The fourth-order valence-corrected chi connectivity index (χ4v) is 12.7. The minimum absolute atomic E-state index is 0.00408. The highest BCUT2D eigenvalue weighted by Gasteiger charge is 2.36. The maximum atomic E-state index is 16.2. The first kappa shape index (κ1) is 50.6. The Bertz CT molecular complexity index is 3320. The normalized spacial score (nSPS) is 21.9. The predicted molar refractivity (Wildman–Crippen MR) is 288 cm³/mol. The lowest BCUT2D eigenvalue weighted by atomic mass is 9.92. The van der Waals surface area contributed by atoms with Gasteiger partial charge in [0, 0.05) is 132 Å². The third-order valence-corrected chi connectivity index (χ3v) is 17.0. The molecule has 1 saturated carbocycles. The second kappa shape index (κ2) is 20.5. The predicted octanol–water partition coefficient (Wildman–Crippen LogP) is 6.35. The van der Waals surface area contributed by atoms with Crippen LogP contribution in [0.3, 0.4) is 0 Å². The quantitative estimate of drug-likeness (QED) is 0.118. The molecule has 1 aliphatic carbocycles. The number of fused-ring (bicyclic) bond motifs is 2. The van der Waals surface area contributed by atoms with Gasteiger partial charge >= 0.3 is 5.69 Å². The molecule has 3 saturated heterocycles. The van der Waals surface area contributed by atoms with E-state index in [-0.39, 0.29) is 53.1 Å². The first-order valence-electron chi connectivity index (χ1n) is 26.8. The van der Waals surface area contributed by atoms with Crippen LogP contribution in [0.25, 0.3) is 33.3 Å². The molecule has 2 amide bonds. The summed E-state index contributed by atoms with van der Waals surface area (Å²) in [6.45, 7) is 13.6. The first-order chi connectivity index (χ1) is 36.2. The second-order valence-corrected chi connectivity index (χ2v) is 21.7. The molecule has 4 aliphatic heterocycles. The Kier molecular flexibility index (Phi) is 13.8. The molecule has 11 rings (SSSR count). The van der Waals surface area contributed by atoms with Gasteiger partial charge in [0.2, 0.25) is 11.7 Å². The number of piperidine rings is 2. The highest BCUT2D eigenvalue weighted by molar-refractivity contribution is 5.95. The summed E-state index contributed by atoms with van der Waals surface area (Å²) in [4.78, 5) is 67.2. The molecule has 4 fully saturated rings. The number of aryl methyl sites for hydroxylation is 2. The number of nitrogens with one attached hydrogen (secondary N) is 2. The molecule has 0 radical (unpaired) electrons. The number of likely N-dealkylation sites (tertiary alicyclic amines) is 1. The van der Waals surface area contributed by atoms with Crippen molar-refractivity contribution in [2.45, 2.75) is 103 Å². The lowest BCUT2D eigenvalue weighted by Crippen LogP contribution is -2.53. The van der Waals surface area contributed by atoms with Crippen LogP contribution in [0.1, 0.15) is 110 Å². The minimum Gasteiger partial charge on any atom is -0.490 e. The van der Waals surface area contributed by atoms with Crippen molar-refractivity contribution in [1.82, 2.24) is 48.2 Å². The topological polar surface area (TPSA) is 167 Å². The van der Waals surface area contributed by atoms with Gasteiger partial charge in [0.05, 0.1) is 35.6 Å². The molecule has 8 heterocycles. The molecule has 0 bridgehead atoms. The van der Waals surface area contributed by atoms with Gasteiger partial charge in [0.1, 0.15) is 17.7 Å². The number of hydrogen-bond acceptors (Lipinski definition) is 11. The van der Waals surface area contributed by atoms with Crippen molar-refractivity contribution in [2.75, 3.05) is 71.8 Å². The van der Waals surface area contributed by atoms with Crippen molar-refractivity contribution < 1.29 is 23.8 Å². The summed E-state index contributed by atoms with van der Waals surface area (Å²) in [5, 5.41) is 17.2. The monoisotopic (exact) mass is 1020 g/mol. The van der Waals surface area contributed by atoms with Crippen molar-refractivity contribution in [3.8, 4) is 11.4 Å². The van der Waals surface area contributed by atoms with Gasteiger partial charge in [-0.3, -0.25) is 42.8 Å². The number of halogens is 1. The van der Waals surface area contributed by atoms with E-state index in [2.05, 4.69) is 68.0 Å². The van der Waals surface area contributed by atoms with Crippen LogP contribution in [0.15, 0.2) is 76.6 Å². The zero-order valence-electron chi connectivity index (χ0n) is 44.0. The maximum absolute atomic E-state index is 16.2. The number of aliphatic hydroxyl groups excluding tert-OH is 1. The average molecular weight is 1020 g/mol. The van der Waals surface area contributed by atoms with E-state index >= 15 is 4.39 Å². The van der Waals surface area contributed by atoms with Crippen molar-refractivity contribution >= 4 is 45.1 Å². The Balaban J connectivity index is 0.682. The molecule has 18 heteroatoms. The summed E-state index contributed by atoms with van der Waals surface area (Å²) >= 11 is 0. The lowest BCUT2D eigenvalue weighted by Gasteiger charge is -2.42. The summed E-state index contributed by atoms with van der Waals surface area (Å²) in [5.74, 6) is 0.0390. The number of carbonyl (C=O) groups excluding carboxylic acids is 2. The zero-order chi connectivity index (χ0) is 52.4. The molecule has 3 unspecified atom stereocenters. The van der Waals surface area contributed by atoms with Crippen LogP contribution in [-0.4, -0.2) is 139 Å². The Labute approximate surface area is 436 Å². The molecular formula is C57H70FN11O6. The molecule has 5 aliphatic rings. The van der Waals surface area contributed by atoms with E-state index in [9.17, 15) is 24.3 Å². The molecule has 2 aromatic carbocycles. The number of carbonyl (C=O) groups is 2. The van der Waals surface area contributed by atoms with Gasteiger partial charge in [-0.25, -0.2) is 14.2 Å². The summed E-state index contributed by atoms with van der Waals surface area (Å²) in [7, 11) is 5.24. The number of benzene rings is 2. The third kappa shape index (κ3) is 9.48. The van der Waals surface area contributed by atoms with Gasteiger partial charge in [0.15, 0.2) is 0 Å². The van der Waals surface area contributed by atoms with E-state index in [1.54, 1.807) is 28.6 Å². The number of rotatable bonds is 13. The summed E-state index contributed by atoms with van der Waals surface area (Å²) in [6, 6.07) is 15.4. The van der Waals surface area contributed by atoms with Crippen LogP contribution < -0.4 is 26.6 Å². The summed E-state index contributed by atoms with van der Waals surface area (Å²) in [6.07, 6.45) is 9.57. The summed E-state index contributed by atoms with van der Waals surface area (Å²) in [5.41, 5.74) is 8.32. The highest BCUT2D eigenvalue weighted by Crippen LogP contribution is 2.39. The Hall–Kier alpha value is -6.60. The van der Waals surface area contributed by atoms with E-state index in [1.807, 2.05) is 47.7 Å². The highest BCUT2D eigenvalue weighted by atomic mass is 19.1. The number of methoxy groups -OCH3 is 1. The number of piperazine rings is 1. The van der Waals surface area contributed by atoms with E-state index in [0.717, 1.165) is 109 Å². The first-order valence-corrected chi connectivity index (χ1v) is 26.8. The molecule has 17 nitrogen and oxygen atoms in total. The third-order valence-electron chi connectivity index (χ3n) is 17.0. The molecule has 396 valence electrons. The van der Waals surface area contributed by atoms with Gasteiger partial charge < -0.3 is 29.9 Å². The van der Waals surface area contributed by atoms with E-state index < -0.39 is 12.3 Å². The van der Waals surface area contributed by atoms with Crippen molar-refractivity contribution in [3.05, 3.63) is 122 Å².